The number of nitrogens with zero attached hydrogens (tertiary/aromatic N) is 2. The maximum atomic E-state index is 5.82. The lowest BCUT2D eigenvalue weighted by molar-refractivity contribution is 0.300. The number of hydrogen-bond donors (Lipinski definition) is 1. The Bertz CT molecular complexity index is 560. The molecule has 0 aliphatic rings. The van der Waals surface area contributed by atoms with Crippen molar-refractivity contribution in [3.05, 3.63) is 52.0 Å². The van der Waals surface area contributed by atoms with E-state index in [-0.39, 0.29) is 0 Å². The minimum Gasteiger partial charge on any atom is -0.487 e. The summed E-state index contributed by atoms with van der Waals surface area (Å²) in [5, 5.41) is 3.10. The van der Waals surface area contributed by atoms with Crippen molar-refractivity contribution in [1.29, 1.82) is 0 Å². The first-order valence-corrected chi connectivity index (χ1v) is 6.81. The molecular weight excluding hydrogens is 306 g/mol. The second-order valence-corrected chi connectivity index (χ2v) is 5.14. The summed E-state index contributed by atoms with van der Waals surface area (Å²) in [6, 6.07) is 5.90. The highest BCUT2D eigenvalue weighted by Crippen LogP contribution is 2.19. The Kier molecular flexibility index (Phi) is 4.87. The molecule has 19 heavy (non-hydrogen) atoms. The van der Waals surface area contributed by atoms with Crippen LogP contribution in [0.15, 0.2) is 35.1 Å². The molecule has 0 atom stereocenters. The number of aryl methyl sites for hydroxylation is 1. The molecule has 0 amide bonds. The molecule has 100 valence electrons. The van der Waals surface area contributed by atoms with Crippen LogP contribution in [0.25, 0.3) is 0 Å². The van der Waals surface area contributed by atoms with Gasteiger partial charge in [0.2, 0.25) is 0 Å². The molecule has 1 N–H and O–H groups in total. The number of hydrogen-bond acceptors (Lipinski definition) is 4. The lowest BCUT2D eigenvalue weighted by atomic mass is 10.2. The normalized spacial score (nSPS) is 10.5. The Morgan fingerprint density at radius 3 is 2.89 bits per heavy atom. The monoisotopic (exact) mass is 321 g/mol. The van der Waals surface area contributed by atoms with Crippen LogP contribution in [0.4, 0.5) is 0 Å². The Balaban J connectivity index is 2.10. The quantitative estimate of drug-likeness (QED) is 0.919. The lowest BCUT2D eigenvalue weighted by Gasteiger charge is -2.11. The summed E-state index contributed by atoms with van der Waals surface area (Å²) >= 11 is 3.40. The average molecular weight is 322 g/mol. The fourth-order valence-corrected chi connectivity index (χ4v) is 2.13. The summed E-state index contributed by atoms with van der Waals surface area (Å²) in [6.45, 7) is 3.14. The Morgan fingerprint density at radius 2 is 2.16 bits per heavy atom. The van der Waals surface area contributed by atoms with E-state index >= 15 is 0 Å². The second kappa shape index (κ2) is 6.63. The molecule has 0 saturated carbocycles. The van der Waals surface area contributed by atoms with Crippen molar-refractivity contribution >= 4 is 15.9 Å². The van der Waals surface area contributed by atoms with Crippen molar-refractivity contribution < 1.29 is 4.74 Å². The first kappa shape index (κ1) is 14.0. The zero-order valence-corrected chi connectivity index (χ0v) is 12.6. The highest BCUT2D eigenvalue weighted by molar-refractivity contribution is 9.10. The van der Waals surface area contributed by atoms with Gasteiger partial charge >= 0.3 is 0 Å². The molecule has 0 fully saturated rings. The van der Waals surface area contributed by atoms with Crippen molar-refractivity contribution in [3.63, 3.8) is 0 Å². The molecule has 0 aliphatic carbocycles. The summed E-state index contributed by atoms with van der Waals surface area (Å²) in [5.74, 6) is 0.805. The number of aromatic nitrogens is 2. The van der Waals surface area contributed by atoms with Crippen LogP contribution in [0.5, 0.6) is 5.75 Å². The molecule has 2 aromatic rings. The van der Waals surface area contributed by atoms with Crippen molar-refractivity contribution in [2.24, 2.45) is 0 Å². The number of ether oxygens (including phenoxy) is 1. The van der Waals surface area contributed by atoms with E-state index in [4.69, 9.17) is 4.74 Å². The van der Waals surface area contributed by atoms with E-state index in [2.05, 4.69) is 31.2 Å². The maximum absolute atomic E-state index is 5.82. The minimum atomic E-state index is 0.480. The van der Waals surface area contributed by atoms with Gasteiger partial charge < -0.3 is 10.1 Å². The summed E-state index contributed by atoms with van der Waals surface area (Å²) < 4.78 is 6.77. The largest absolute Gasteiger partial charge is 0.487 e. The number of rotatable bonds is 5. The molecule has 2 heterocycles. The molecule has 0 radical (unpaired) electrons. The topological polar surface area (TPSA) is 47.0 Å². The Labute approximate surface area is 121 Å². The smallest absolute Gasteiger partial charge is 0.142 e. The Hall–Kier alpha value is -1.46. The van der Waals surface area contributed by atoms with Gasteiger partial charge in [0.1, 0.15) is 12.4 Å². The summed E-state index contributed by atoms with van der Waals surface area (Å²) in [5.41, 5.74) is 2.93. The van der Waals surface area contributed by atoms with E-state index in [1.165, 1.54) is 0 Å². The van der Waals surface area contributed by atoms with Crippen LogP contribution in [0.1, 0.15) is 17.0 Å². The standard InChI is InChI=1S/C14H16BrN3O/c1-10-3-4-14(13(18-10)8-16-2)19-9-11-5-12(15)7-17-6-11/h3-7,16H,8-9H2,1-2H3. The third-order valence-electron chi connectivity index (χ3n) is 2.57. The van der Waals surface area contributed by atoms with E-state index in [0.29, 0.717) is 13.2 Å². The van der Waals surface area contributed by atoms with Crippen molar-refractivity contribution in [3.8, 4) is 5.75 Å². The maximum Gasteiger partial charge on any atom is 0.142 e. The highest BCUT2D eigenvalue weighted by Gasteiger charge is 2.06. The van der Waals surface area contributed by atoms with Gasteiger partial charge in [0.05, 0.1) is 5.69 Å². The molecule has 0 bridgehead atoms. The van der Waals surface area contributed by atoms with Crippen LogP contribution in [-0.4, -0.2) is 17.0 Å². The van der Waals surface area contributed by atoms with Crippen molar-refractivity contribution in [1.82, 2.24) is 15.3 Å². The SMILES string of the molecule is CNCc1nc(C)ccc1OCc1cncc(Br)c1. The first-order valence-electron chi connectivity index (χ1n) is 6.02. The van der Waals surface area contributed by atoms with Gasteiger partial charge in [0.25, 0.3) is 0 Å². The van der Waals surface area contributed by atoms with Crippen molar-refractivity contribution in [2.75, 3.05) is 7.05 Å². The van der Waals surface area contributed by atoms with Gasteiger partial charge in [-0.2, -0.15) is 0 Å². The molecule has 4 nitrogen and oxygen atoms in total. The number of pyridine rings is 2. The molecule has 0 saturated heterocycles. The third-order valence-corrected chi connectivity index (χ3v) is 3.01. The third kappa shape index (κ3) is 4.01. The molecule has 0 unspecified atom stereocenters. The van der Waals surface area contributed by atoms with E-state index in [9.17, 15) is 0 Å². The van der Waals surface area contributed by atoms with Gasteiger partial charge in [-0.05, 0) is 48.1 Å². The lowest BCUT2D eigenvalue weighted by Crippen LogP contribution is -2.10. The Morgan fingerprint density at radius 1 is 1.32 bits per heavy atom. The van der Waals surface area contributed by atoms with E-state index in [1.54, 1.807) is 12.4 Å². The van der Waals surface area contributed by atoms with Gasteiger partial charge in [-0.3, -0.25) is 9.97 Å². The van der Waals surface area contributed by atoms with Crippen LogP contribution in [0, 0.1) is 6.92 Å². The molecule has 0 spiro atoms. The summed E-state index contributed by atoms with van der Waals surface area (Å²) in [7, 11) is 1.89. The fourth-order valence-electron chi connectivity index (χ4n) is 1.72. The zero-order chi connectivity index (χ0) is 13.7. The van der Waals surface area contributed by atoms with Crippen LogP contribution in [0.3, 0.4) is 0 Å². The molecule has 2 rings (SSSR count). The summed E-state index contributed by atoms with van der Waals surface area (Å²) in [6.07, 6.45) is 3.55. The molecule has 0 aliphatic heterocycles. The highest BCUT2D eigenvalue weighted by atomic mass is 79.9. The van der Waals surface area contributed by atoms with E-state index < -0.39 is 0 Å². The van der Waals surface area contributed by atoms with Gasteiger partial charge in [-0.1, -0.05) is 0 Å². The average Bonchev–Trinajstić information content (AvgIpc) is 2.38. The number of nitrogens with one attached hydrogen (secondary N) is 1. The van der Waals surface area contributed by atoms with Crippen LogP contribution in [-0.2, 0) is 13.2 Å². The predicted molar refractivity (Wildman–Crippen MR) is 78.0 cm³/mol. The predicted octanol–water partition coefficient (Wildman–Crippen LogP) is 2.85. The molecular formula is C14H16BrN3O. The van der Waals surface area contributed by atoms with Crippen LogP contribution >= 0.6 is 15.9 Å². The minimum absolute atomic E-state index is 0.480. The van der Waals surface area contributed by atoms with Gasteiger partial charge in [0, 0.05) is 34.7 Å². The van der Waals surface area contributed by atoms with Crippen LogP contribution < -0.4 is 10.1 Å². The molecule has 2 aromatic heterocycles. The van der Waals surface area contributed by atoms with E-state index in [0.717, 1.165) is 27.2 Å². The second-order valence-electron chi connectivity index (χ2n) is 4.23. The summed E-state index contributed by atoms with van der Waals surface area (Å²) in [4.78, 5) is 8.59. The fraction of sp³-hybridized carbons (Fsp3) is 0.286. The van der Waals surface area contributed by atoms with Crippen molar-refractivity contribution in [2.45, 2.75) is 20.1 Å². The van der Waals surface area contributed by atoms with E-state index in [1.807, 2.05) is 32.2 Å². The van der Waals surface area contributed by atoms with Gasteiger partial charge in [-0.25, -0.2) is 0 Å². The molecule has 5 heteroatoms. The number of halogens is 1. The van der Waals surface area contributed by atoms with Gasteiger partial charge in [0.15, 0.2) is 0 Å². The van der Waals surface area contributed by atoms with Gasteiger partial charge in [-0.15, -0.1) is 0 Å². The zero-order valence-electron chi connectivity index (χ0n) is 11.0. The van der Waals surface area contributed by atoms with Crippen LogP contribution in [0.2, 0.25) is 0 Å². The molecule has 0 aromatic carbocycles. The first-order chi connectivity index (χ1) is 9.19.